The molecule has 2 aromatic rings. The normalized spacial score (nSPS) is 13.3. The molecule has 22 heavy (non-hydrogen) atoms. The lowest BCUT2D eigenvalue weighted by atomic mass is 9.86. The van der Waals surface area contributed by atoms with Crippen molar-refractivity contribution < 1.29 is 13.9 Å². The van der Waals surface area contributed by atoms with Crippen LogP contribution < -0.4 is 0 Å². The number of aryl methyl sites for hydroxylation is 1. The number of ether oxygens (including phenoxy) is 1. The standard InChI is InChI=1S/C18H14ClFO2/c1-22-18(21)12-6-5-11-3-2-4-14(15(11)9-12)16-10-13(20)7-8-17(16)19/h4-10H,2-3H2,1H3. The highest BCUT2D eigenvalue weighted by Crippen LogP contribution is 2.36. The predicted molar refractivity (Wildman–Crippen MR) is 84.6 cm³/mol. The molecular formula is C18H14ClFO2. The van der Waals surface area contributed by atoms with Crippen LogP contribution >= 0.6 is 11.6 Å². The number of halogens is 2. The SMILES string of the molecule is COC(=O)c1ccc2c(c1)C(c1cc(F)ccc1Cl)=CCC2. The van der Waals surface area contributed by atoms with Crippen LogP contribution in [0.2, 0.25) is 5.02 Å². The van der Waals surface area contributed by atoms with Crippen molar-refractivity contribution in [2.45, 2.75) is 12.8 Å². The Morgan fingerprint density at radius 2 is 2.00 bits per heavy atom. The maximum Gasteiger partial charge on any atom is 0.337 e. The first-order valence-electron chi connectivity index (χ1n) is 6.97. The van der Waals surface area contributed by atoms with Crippen molar-refractivity contribution in [3.05, 3.63) is 75.6 Å². The van der Waals surface area contributed by atoms with Crippen LogP contribution in [0.25, 0.3) is 5.57 Å². The Morgan fingerprint density at radius 3 is 2.77 bits per heavy atom. The molecule has 2 aromatic carbocycles. The van der Waals surface area contributed by atoms with E-state index in [1.807, 2.05) is 12.1 Å². The van der Waals surface area contributed by atoms with Gasteiger partial charge in [0.05, 0.1) is 12.7 Å². The van der Waals surface area contributed by atoms with E-state index < -0.39 is 5.97 Å². The lowest BCUT2D eigenvalue weighted by Gasteiger charge is -2.20. The van der Waals surface area contributed by atoms with E-state index in [0.717, 1.165) is 29.5 Å². The van der Waals surface area contributed by atoms with Gasteiger partial charge in [-0.3, -0.25) is 0 Å². The van der Waals surface area contributed by atoms with Gasteiger partial charge in [0, 0.05) is 10.6 Å². The Hall–Kier alpha value is -2.13. The van der Waals surface area contributed by atoms with Crippen LogP contribution in [0.1, 0.15) is 33.5 Å². The van der Waals surface area contributed by atoms with Crippen LogP contribution in [0.3, 0.4) is 0 Å². The van der Waals surface area contributed by atoms with Crippen LogP contribution in [0.15, 0.2) is 42.5 Å². The first-order valence-corrected chi connectivity index (χ1v) is 7.35. The minimum Gasteiger partial charge on any atom is -0.465 e. The molecule has 0 aliphatic heterocycles. The molecule has 0 aromatic heterocycles. The highest BCUT2D eigenvalue weighted by Gasteiger charge is 2.19. The summed E-state index contributed by atoms with van der Waals surface area (Å²) in [6.45, 7) is 0. The molecule has 2 nitrogen and oxygen atoms in total. The largest absolute Gasteiger partial charge is 0.465 e. The second-order valence-electron chi connectivity index (χ2n) is 5.14. The average molecular weight is 317 g/mol. The number of hydrogen-bond acceptors (Lipinski definition) is 2. The molecular weight excluding hydrogens is 303 g/mol. The maximum absolute atomic E-state index is 13.6. The minimum atomic E-state index is -0.391. The Morgan fingerprint density at radius 1 is 1.18 bits per heavy atom. The average Bonchev–Trinajstić information content (AvgIpc) is 2.55. The zero-order valence-corrected chi connectivity index (χ0v) is 12.8. The van der Waals surface area contributed by atoms with Crippen molar-refractivity contribution in [1.82, 2.24) is 0 Å². The fourth-order valence-electron chi connectivity index (χ4n) is 2.73. The van der Waals surface area contributed by atoms with Crippen molar-refractivity contribution >= 4 is 23.1 Å². The summed E-state index contributed by atoms with van der Waals surface area (Å²) < 4.78 is 18.3. The summed E-state index contributed by atoms with van der Waals surface area (Å²) in [5.41, 5.74) is 4.00. The van der Waals surface area contributed by atoms with Gasteiger partial charge in [-0.05, 0) is 59.9 Å². The number of allylic oxidation sites excluding steroid dienone is 1. The fraction of sp³-hybridized carbons (Fsp3) is 0.167. The predicted octanol–water partition coefficient (Wildman–Crippen LogP) is 4.64. The third-order valence-corrected chi connectivity index (χ3v) is 4.13. The lowest BCUT2D eigenvalue weighted by Crippen LogP contribution is -2.07. The molecule has 1 aliphatic rings. The van der Waals surface area contributed by atoms with Crippen LogP contribution in [-0.2, 0) is 11.2 Å². The third kappa shape index (κ3) is 2.64. The van der Waals surface area contributed by atoms with Crippen molar-refractivity contribution in [2.75, 3.05) is 7.11 Å². The number of rotatable bonds is 2. The molecule has 0 unspecified atom stereocenters. The number of esters is 1. The van der Waals surface area contributed by atoms with Crippen LogP contribution in [0.5, 0.6) is 0 Å². The number of carbonyl (C=O) groups is 1. The van der Waals surface area contributed by atoms with Gasteiger partial charge >= 0.3 is 5.97 Å². The van der Waals surface area contributed by atoms with E-state index >= 15 is 0 Å². The summed E-state index contributed by atoms with van der Waals surface area (Å²) in [6, 6.07) is 9.76. The second-order valence-corrected chi connectivity index (χ2v) is 5.55. The summed E-state index contributed by atoms with van der Waals surface area (Å²) in [5.74, 6) is -0.727. The van der Waals surface area contributed by atoms with Gasteiger partial charge < -0.3 is 4.74 Å². The van der Waals surface area contributed by atoms with E-state index in [-0.39, 0.29) is 5.82 Å². The van der Waals surface area contributed by atoms with E-state index in [0.29, 0.717) is 16.1 Å². The minimum absolute atomic E-state index is 0.337. The number of methoxy groups -OCH3 is 1. The molecule has 0 bridgehead atoms. The smallest absolute Gasteiger partial charge is 0.337 e. The molecule has 4 heteroatoms. The molecule has 0 saturated heterocycles. The molecule has 0 atom stereocenters. The highest BCUT2D eigenvalue weighted by molar-refractivity contribution is 6.32. The van der Waals surface area contributed by atoms with E-state index in [2.05, 4.69) is 0 Å². The molecule has 0 N–H and O–H groups in total. The zero-order valence-electron chi connectivity index (χ0n) is 12.0. The van der Waals surface area contributed by atoms with E-state index in [9.17, 15) is 9.18 Å². The Labute approximate surface area is 133 Å². The van der Waals surface area contributed by atoms with Crippen LogP contribution in [0, 0.1) is 5.82 Å². The van der Waals surface area contributed by atoms with Crippen LogP contribution in [0.4, 0.5) is 4.39 Å². The van der Waals surface area contributed by atoms with Gasteiger partial charge in [-0.1, -0.05) is 23.7 Å². The molecule has 1 aliphatic carbocycles. The molecule has 0 amide bonds. The summed E-state index contributed by atoms with van der Waals surface area (Å²) in [5, 5.41) is 0.490. The van der Waals surface area contributed by atoms with Gasteiger partial charge in [-0.15, -0.1) is 0 Å². The van der Waals surface area contributed by atoms with Gasteiger partial charge in [0.15, 0.2) is 0 Å². The third-order valence-electron chi connectivity index (χ3n) is 3.80. The first kappa shape index (κ1) is 14.8. The number of carbonyl (C=O) groups excluding carboxylic acids is 1. The molecule has 0 radical (unpaired) electrons. The fourth-order valence-corrected chi connectivity index (χ4v) is 2.95. The van der Waals surface area contributed by atoms with E-state index in [1.54, 1.807) is 18.2 Å². The number of hydrogen-bond donors (Lipinski definition) is 0. The Balaban J connectivity index is 2.14. The van der Waals surface area contributed by atoms with Crippen molar-refractivity contribution in [3.63, 3.8) is 0 Å². The van der Waals surface area contributed by atoms with Gasteiger partial charge in [0.1, 0.15) is 5.82 Å². The molecule has 0 saturated carbocycles. The quantitative estimate of drug-likeness (QED) is 0.754. The second kappa shape index (κ2) is 5.93. The summed E-state index contributed by atoms with van der Waals surface area (Å²) >= 11 is 6.23. The van der Waals surface area contributed by atoms with Crippen molar-refractivity contribution in [2.24, 2.45) is 0 Å². The first-order chi connectivity index (χ1) is 10.6. The molecule has 0 heterocycles. The van der Waals surface area contributed by atoms with Gasteiger partial charge in [-0.2, -0.15) is 0 Å². The van der Waals surface area contributed by atoms with E-state index in [4.69, 9.17) is 16.3 Å². The van der Waals surface area contributed by atoms with Crippen molar-refractivity contribution in [3.8, 4) is 0 Å². The molecule has 112 valence electrons. The van der Waals surface area contributed by atoms with Gasteiger partial charge in [0.25, 0.3) is 0 Å². The molecule has 3 rings (SSSR count). The summed E-state index contributed by atoms with van der Waals surface area (Å²) in [4.78, 5) is 11.7. The van der Waals surface area contributed by atoms with Crippen molar-refractivity contribution in [1.29, 1.82) is 0 Å². The zero-order chi connectivity index (χ0) is 15.7. The number of benzene rings is 2. The summed E-state index contributed by atoms with van der Waals surface area (Å²) in [6.07, 6.45) is 3.77. The Bertz CT molecular complexity index is 781. The molecule has 0 spiro atoms. The number of fused-ring (bicyclic) bond motifs is 1. The van der Waals surface area contributed by atoms with E-state index in [1.165, 1.54) is 19.2 Å². The highest BCUT2D eigenvalue weighted by atomic mass is 35.5. The maximum atomic E-state index is 13.6. The van der Waals surface area contributed by atoms with Gasteiger partial charge in [0.2, 0.25) is 0 Å². The lowest BCUT2D eigenvalue weighted by molar-refractivity contribution is 0.0600. The topological polar surface area (TPSA) is 26.3 Å². The molecule has 0 fully saturated rings. The van der Waals surface area contributed by atoms with Gasteiger partial charge in [-0.25, -0.2) is 9.18 Å². The monoisotopic (exact) mass is 316 g/mol. The Kier molecular flexibility index (Phi) is 3.99. The summed E-state index contributed by atoms with van der Waals surface area (Å²) in [7, 11) is 1.35. The van der Waals surface area contributed by atoms with Crippen LogP contribution in [-0.4, -0.2) is 13.1 Å².